The maximum atomic E-state index is 12.2. The molecule has 2 N–H and O–H groups in total. The van der Waals surface area contributed by atoms with E-state index in [4.69, 9.17) is 4.74 Å². The van der Waals surface area contributed by atoms with E-state index < -0.39 is 10.8 Å². The molecule has 2 aromatic carbocycles. The number of halogens is 1. The lowest BCUT2D eigenvalue weighted by atomic mass is 10.2. The minimum atomic E-state index is -0.578. The number of hydrogen-bond donors (Lipinski definition) is 2. The first kappa shape index (κ1) is 19.8. The molecule has 9 nitrogen and oxygen atoms in total. The quantitative estimate of drug-likeness (QED) is 0.309. The van der Waals surface area contributed by atoms with Crippen LogP contribution in [0.3, 0.4) is 0 Å². The summed E-state index contributed by atoms with van der Waals surface area (Å²) in [4.78, 5) is 27.1. The topological polar surface area (TPSA) is 123 Å². The molecular formula is C17H14BrN5O4S. The van der Waals surface area contributed by atoms with Crippen LogP contribution in [0, 0.1) is 10.1 Å². The van der Waals surface area contributed by atoms with E-state index >= 15 is 0 Å². The highest BCUT2D eigenvalue weighted by Gasteiger charge is 2.18. The SMILES string of the molecule is COc1ccc(NC(=O)CSc2n[nH]c(-c3ccc(Br)cc3)n2)c([N+](=O)[O-])c1. The largest absolute Gasteiger partial charge is 0.496 e. The molecular weight excluding hydrogens is 450 g/mol. The van der Waals surface area contributed by atoms with Crippen molar-refractivity contribution < 1.29 is 14.5 Å². The van der Waals surface area contributed by atoms with Crippen molar-refractivity contribution in [3.63, 3.8) is 0 Å². The summed E-state index contributed by atoms with van der Waals surface area (Å²) >= 11 is 4.49. The van der Waals surface area contributed by atoms with Gasteiger partial charge in [0.2, 0.25) is 11.1 Å². The third-order valence-corrected chi connectivity index (χ3v) is 4.97. The summed E-state index contributed by atoms with van der Waals surface area (Å²) in [6.07, 6.45) is 0. The molecule has 144 valence electrons. The highest BCUT2D eigenvalue weighted by Crippen LogP contribution is 2.29. The van der Waals surface area contributed by atoms with Crippen LogP contribution < -0.4 is 10.1 Å². The number of aromatic amines is 1. The van der Waals surface area contributed by atoms with Gasteiger partial charge in [0.1, 0.15) is 11.4 Å². The van der Waals surface area contributed by atoms with Crippen molar-refractivity contribution in [1.82, 2.24) is 15.2 Å². The molecule has 1 amide bonds. The molecule has 3 aromatic rings. The van der Waals surface area contributed by atoms with E-state index in [1.165, 1.54) is 25.3 Å². The number of nitro benzene ring substituents is 1. The highest BCUT2D eigenvalue weighted by molar-refractivity contribution is 9.10. The Bertz CT molecular complexity index is 1010. The number of nitrogens with zero attached hydrogens (tertiary/aromatic N) is 3. The predicted octanol–water partition coefficient (Wildman–Crippen LogP) is 3.88. The van der Waals surface area contributed by atoms with Gasteiger partial charge in [0.25, 0.3) is 5.69 Å². The third kappa shape index (κ3) is 4.87. The van der Waals surface area contributed by atoms with E-state index in [1.54, 1.807) is 0 Å². The number of thioether (sulfide) groups is 1. The number of methoxy groups -OCH3 is 1. The number of ether oxygens (including phenoxy) is 1. The maximum absolute atomic E-state index is 12.2. The Morgan fingerprint density at radius 3 is 2.75 bits per heavy atom. The van der Waals surface area contributed by atoms with Crippen LogP contribution in [0.25, 0.3) is 11.4 Å². The molecule has 0 aliphatic carbocycles. The van der Waals surface area contributed by atoms with Crippen molar-refractivity contribution in [1.29, 1.82) is 0 Å². The fourth-order valence-electron chi connectivity index (χ4n) is 2.26. The van der Waals surface area contributed by atoms with Gasteiger partial charge in [-0.2, -0.15) is 0 Å². The van der Waals surface area contributed by atoms with Crippen LogP contribution in [0.4, 0.5) is 11.4 Å². The molecule has 0 aliphatic rings. The zero-order valence-corrected chi connectivity index (χ0v) is 16.9. The first-order valence-electron chi connectivity index (χ1n) is 7.89. The minimum absolute atomic E-state index is 0.000808. The number of carbonyl (C=O) groups is 1. The number of benzene rings is 2. The fourth-order valence-corrected chi connectivity index (χ4v) is 3.12. The van der Waals surface area contributed by atoms with E-state index in [0.29, 0.717) is 16.7 Å². The Labute approximate surface area is 172 Å². The first-order valence-corrected chi connectivity index (χ1v) is 9.67. The number of nitrogens with one attached hydrogen (secondary N) is 2. The van der Waals surface area contributed by atoms with Crippen molar-refractivity contribution in [2.45, 2.75) is 5.16 Å². The number of nitro groups is 1. The second-order valence-corrected chi connectivity index (χ2v) is 7.31. The Hall–Kier alpha value is -2.92. The van der Waals surface area contributed by atoms with Gasteiger partial charge in [0.15, 0.2) is 5.82 Å². The standard InChI is InChI=1S/C17H14BrN5O4S/c1-27-12-6-7-13(14(8-12)23(25)26)19-15(24)9-28-17-20-16(21-22-17)10-2-4-11(18)5-3-10/h2-8H,9H2,1H3,(H,19,24)(H,20,21,22). The van der Waals surface area contributed by atoms with E-state index in [1.807, 2.05) is 24.3 Å². The van der Waals surface area contributed by atoms with Gasteiger partial charge in [-0.3, -0.25) is 20.0 Å². The average molecular weight is 464 g/mol. The lowest BCUT2D eigenvalue weighted by Gasteiger charge is -2.06. The molecule has 1 aromatic heterocycles. The molecule has 0 radical (unpaired) electrons. The summed E-state index contributed by atoms with van der Waals surface area (Å²) in [5, 5.41) is 21.0. The van der Waals surface area contributed by atoms with Crippen LogP contribution in [0.2, 0.25) is 0 Å². The summed E-state index contributed by atoms with van der Waals surface area (Å²) in [6, 6.07) is 11.8. The average Bonchev–Trinajstić information content (AvgIpc) is 3.16. The lowest BCUT2D eigenvalue weighted by Crippen LogP contribution is -2.15. The Morgan fingerprint density at radius 2 is 2.07 bits per heavy atom. The lowest BCUT2D eigenvalue weighted by molar-refractivity contribution is -0.384. The number of hydrogen-bond acceptors (Lipinski definition) is 7. The zero-order chi connectivity index (χ0) is 20.1. The van der Waals surface area contributed by atoms with Gasteiger partial charge < -0.3 is 10.1 Å². The van der Waals surface area contributed by atoms with Gasteiger partial charge >= 0.3 is 0 Å². The molecule has 0 bridgehead atoms. The van der Waals surface area contributed by atoms with E-state index in [0.717, 1.165) is 21.8 Å². The molecule has 0 aliphatic heterocycles. The summed E-state index contributed by atoms with van der Waals surface area (Å²) in [7, 11) is 1.41. The van der Waals surface area contributed by atoms with Crippen molar-refractivity contribution in [2.24, 2.45) is 0 Å². The summed E-state index contributed by atoms with van der Waals surface area (Å²) in [6.45, 7) is 0. The molecule has 11 heteroatoms. The van der Waals surface area contributed by atoms with Crippen LogP contribution >= 0.6 is 27.7 Å². The highest BCUT2D eigenvalue weighted by atomic mass is 79.9. The number of amides is 1. The van der Waals surface area contributed by atoms with Crippen LogP contribution in [-0.2, 0) is 4.79 Å². The number of H-pyrrole nitrogens is 1. The van der Waals surface area contributed by atoms with Gasteiger partial charge in [-0.15, -0.1) is 5.10 Å². The van der Waals surface area contributed by atoms with Crippen LogP contribution in [-0.4, -0.2) is 38.9 Å². The number of rotatable bonds is 7. The minimum Gasteiger partial charge on any atom is -0.496 e. The van der Waals surface area contributed by atoms with Gasteiger partial charge in [-0.05, 0) is 24.3 Å². The molecule has 0 fully saturated rings. The number of carbonyl (C=O) groups excluding carboxylic acids is 1. The van der Waals surface area contributed by atoms with Gasteiger partial charge in [-0.1, -0.05) is 39.8 Å². The molecule has 3 rings (SSSR count). The van der Waals surface area contributed by atoms with Crippen molar-refractivity contribution in [3.05, 3.63) is 57.1 Å². The van der Waals surface area contributed by atoms with E-state index in [9.17, 15) is 14.9 Å². The van der Waals surface area contributed by atoms with E-state index in [2.05, 4.69) is 36.4 Å². The molecule has 0 saturated heterocycles. The summed E-state index contributed by atoms with van der Waals surface area (Å²) in [5.41, 5.74) is 0.718. The zero-order valence-electron chi connectivity index (χ0n) is 14.5. The fraction of sp³-hybridized carbons (Fsp3) is 0.118. The maximum Gasteiger partial charge on any atom is 0.296 e. The molecule has 0 spiro atoms. The van der Waals surface area contributed by atoms with Crippen molar-refractivity contribution in [3.8, 4) is 17.1 Å². The van der Waals surface area contributed by atoms with Crippen LogP contribution in [0.5, 0.6) is 5.75 Å². The molecule has 28 heavy (non-hydrogen) atoms. The number of aromatic nitrogens is 3. The first-order chi connectivity index (χ1) is 13.5. The summed E-state index contributed by atoms with van der Waals surface area (Å²) < 4.78 is 5.93. The molecule has 0 atom stereocenters. The molecule has 1 heterocycles. The number of anilines is 1. The Morgan fingerprint density at radius 1 is 1.32 bits per heavy atom. The second kappa shape index (κ2) is 8.85. The van der Waals surface area contributed by atoms with Crippen molar-refractivity contribution >= 4 is 45.0 Å². The molecule has 0 unspecified atom stereocenters. The van der Waals surface area contributed by atoms with Gasteiger partial charge in [0.05, 0.1) is 23.9 Å². The van der Waals surface area contributed by atoms with Gasteiger partial charge in [0, 0.05) is 10.0 Å². The predicted molar refractivity (Wildman–Crippen MR) is 109 cm³/mol. The Kier molecular flexibility index (Phi) is 6.26. The van der Waals surface area contributed by atoms with E-state index in [-0.39, 0.29) is 17.1 Å². The molecule has 0 saturated carbocycles. The monoisotopic (exact) mass is 463 g/mol. The van der Waals surface area contributed by atoms with Gasteiger partial charge in [-0.25, -0.2) is 4.98 Å². The normalized spacial score (nSPS) is 10.5. The smallest absolute Gasteiger partial charge is 0.296 e. The van der Waals surface area contributed by atoms with Crippen LogP contribution in [0.15, 0.2) is 52.1 Å². The van der Waals surface area contributed by atoms with Crippen LogP contribution in [0.1, 0.15) is 0 Å². The Balaban J connectivity index is 1.62. The summed E-state index contributed by atoms with van der Waals surface area (Å²) in [5.74, 6) is 0.510. The van der Waals surface area contributed by atoms with Crippen molar-refractivity contribution in [2.75, 3.05) is 18.2 Å². The second-order valence-electron chi connectivity index (χ2n) is 5.45. The third-order valence-electron chi connectivity index (χ3n) is 3.59.